The maximum Gasteiger partial charge on any atom is 0.160 e. The quantitative estimate of drug-likeness (QED) is 0.182. The molecule has 12 rings (SSSR count). The lowest BCUT2D eigenvalue weighted by atomic mass is 9.65. The lowest BCUT2D eigenvalue weighted by molar-refractivity contribution is 0.748. The Bertz CT molecular complexity index is 3180. The first-order valence-corrected chi connectivity index (χ1v) is 19.3. The van der Waals surface area contributed by atoms with Crippen LogP contribution in [0.1, 0.15) is 22.3 Å². The zero-order valence-corrected chi connectivity index (χ0v) is 30.4. The van der Waals surface area contributed by atoms with Crippen molar-refractivity contribution in [1.29, 1.82) is 0 Å². The van der Waals surface area contributed by atoms with E-state index >= 15 is 0 Å². The van der Waals surface area contributed by atoms with Gasteiger partial charge in [-0.05, 0) is 62.7 Å². The Morgan fingerprint density at radius 3 is 1.79 bits per heavy atom. The molecule has 0 saturated heterocycles. The maximum absolute atomic E-state index is 5.38. The Hall–Kier alpha value is -7.36. The fraction of sp³-hybridized carbons (Fsp3) is 0.0189. The van der Waals surface area contributed by atoms with Gasteiger partial charge in [-0.25, -0.2) is 9.97 Å². The number of hydrogen-bond donors (Lipinski definition) is 0. The summed E-state index contributed by atoms with van der Waals surface area (Å²) in [7, 11) is 0. The standard InChI is InChI=1S/C53H33N3/c1-3-15-34(16-4-1)35-29-31-36(32-30-35)46-33-47(55-52(54-46)37-17-5-2-6-18-37)41-22-14-25-44-50(41)40-20-7-9-23-42(40)53(44)43-24-10-12-28-49(43)56-48-27-11-8-19-38(48)39-21-13-26-45(53)51(39)56/h1-33H. The minimum atomic E-state index is -0.534. The molecule has 0 fully saturated rings. The van der Waals surface area contributed by atoms with Gasteiger partial charge in [0.05, 0.1) is 33.5 Å². The molecule has 10 aromatic rings. The van der Waals surface area contributed by atoms with Crippen LogP contribution in [0.5, 0.6) is 0 Å². The van der Waals surface area contributed by atoms with Crippen LogP contribution in [-0.2, 0) is 5.41 Å². The molecule has 56 heavy (non-hydrogen) atoms. The first kappa shape index (κ1) is 31.0. The molecule has 0 bridgehead atoms. The third-order valence-electron chi connectivity index (χ3n) is 12.0. The van der Waals surface area contributed by atoms with Crippen molar-refractivity contribution in [3.05, 3.63) is 222 Å². The molecule has 1 aliphatic carbocycles. The molecule has 1 unspecified atom stereocenters. The summed E-state index contributed by atoms with van der Waals surface area (Å²) in [5, 5.41) is 2.55. The molecule has 3 heterocycles. The lowest BCUT2D eigenvalue weighted by Crippen LogP contribution is -2.33. The van der Waals surface area contributed by atoms with Crippen LogP contribution < -0.4 is 0 Å². The zero-order valence-electron chi connectivity index (χ0n) is 30.4. The van der Waals surface area contributed by atoms with Gasteiger partial charge in [-0.1, -0.05) is 182 Å². The highest BCUT2D eigenvalue weighted by atomic mass is 15.0. The molecule has 2 aromatic heterocycles. The van der Waals surface area contributed by atoms with E-state index in [2.05, 4.69) is 199 Å². The van der Waals surface area contributed by atoms with Gasteiger partial charge in [0, 0.05) is 27.5 Å². The smallest absolute Gasteiger partial charge is 0.160 e. The maximum atomic E-state index is 5.38. The summed E-state index contributed by atoms with van der Waals surface area (Å²) in [5.41, 5.74) is 18.1. The highest BCUT2D eigenvalue weighted by Crippen LogP contribution is 2.62. The molecular formula is C53H33N3. The molecule has 3 heteroatoms. The predicted octanol–water partition coefficient (Wildman–Crippen LogP) is 12.9. The number of benzene rings is 8. The van der Waals surface area contributed by atoms with E-state index in [-0.39, 0.29) is 0 Å². The number of aromatic nitrogens is 3. The van der Waals surface area contributed by atoms with Crippen LogP contribution in [0, 0.1) is 0 Å². The van der Waals surface area contributed by atoms with E-state index in [0.717, 1.165) is 28.1 Å². The Morgan fingerprint density at radius 1 is 0.375 bits per heavy atom. The molecule has 0 amide bonds. The van der Waals surface area contributed by atoms with Gasteiger partial charge < -0.3 is 4.57 Å². The summed E-state index contributed by atoms with van der Waals surface area (Å²) in [6.07, 6.45) is 0. The molecule has 0 saturated carbocycles. The number of rotatable bonds is 4. The van der Waals surface area contributed by atoms with E-state index in [1.807, 2.05) is 6.07 Å². The number of hydrogen-bond acceptors (Lipinski definition) is 2. The van der Waals surface area contributed by atoms with Gasteiger partial charge in [-0.2, -0.15) is 0 Å². The van der Waals surface area contributed by atoms with Crippen molar-refractivity contribution in [3.8, 4) is 61.8 Å². The fourth-order valence-corrected chi connectivity index (χ4v) is 9.74. The highest BCUT2D eigenvalue weighted by molar-refractivity contribution is 6.13. The van der Waals surface area contributed by atoms with Crippen molar-refractivity contribution in [1.82, 2.24) is 14.5 Å². The molecule has 0 N–H and O–H groups in total. The number of fused-ring (bicyclic) bond motifs is 12. The van der Waals surface area contributed by atoms with Crippen LogP contribution in [0.25, 0.3) is 83.6 Å². The Labute approximate surface area is 324 Å². The Morgan fingerprint density at radius 2 is 0.946 bits per heavy atom. The molecule has 2 aliphatic rings. The SMILES string of the molecule is c1ccc(-c2ccc(-c3cc(-c4cccc5c4-c4ccccc4C54c5ccccc5-n5c6ccccc6c6cccc4c65)nc(-c4ccccc4)n3)cc2)cc1. The van der Waals surface area contributed by atoms with Gasteiger partial charge in [0.2, 0.25) is 0 Å². The van der Waals surface area contributed by atoms with E-state index in [9.17, 15) is 0 Å². The third-order valence-corrected chi connectivity index (χ3v) is 12.0. The lowest BCUT2D eigenvalue weighted by Gasteiger charge is -2.39. The molecule has 1 aliphatic heterocycles. The minimum Gasteiger partial charge on any atom is -0.309 e. The summed E-state index contributed by atoms with van der Waals surface area (Å²) in [5.74, 6) is 0.709. The Kier molecular flexibility index (Phi) is 6.55. The van der Waals surface area contributed by atoms with E-state index in [4.69, 9.17) is 9.97 Å². The van der Waals surface area contributed by atoms with Crippen LogP contribution in [0.15, 0.2) is 200 Å². The number of para-hydroxylation sites is 3. The van der Waals surface area contributed by atoms with Crippen LogP contribution in [0.2, 0.25) is 0 Å². The fourth-order valence-electron chi connectivity index (χ4n) is 9.74. The molecule has 260 valence electrons. The second kappa shape index (κ2) is 11.8. The molecule has 3 nitrogen and oxygen atoms in total. The second-order valence-corrected chi connectivity index (χ2v) is 14.9. The van der Waals surface area contributed by atoms with E-state index in [0.29, 0.717) is 5.82 Å². The van der Waals surface area contributed by atoms with Gasteiger partial charge >= 0.3 is 0 Å². The average Bonchev–Trinajstić information content (AvgIpc) is 3.78. The van der Waals surface area contributed by atoms with Crippen LogP contribution in [-0.4, -0.2) is 14.5 Å². The Balaban J connectivity index is 1.14. The van der Waals surface area contributed by atoms with Crippen molar-refractivity contribution < 1.29 is 0 Å². The largest absolute Gasteiger partial charge is 0.309 e. The van der Waals surface area contributed by atoms with Crippen molar-refractivity contribution >= 4 is 21.8 Å². The number of nitrogens with zero attached hydrogens (tertiary/aromatic N) is 3. The van der Waals surface area contributed by atoms with E-state index in [1.165, 1.54) is 72.0 Å². The summed E-state index contributed by atoms with van der Waals surface area (Å²) >= 11 is 0. The summed E-state index contributed by atoms with van der Waals surface area (Å²) in [4.78, 5) is 10.6. The predicted molar refractivity (Wildman–Crippen MR) is 229 cm³/mol. The van der Waals surface area contributed by atoms with Crippen molar-refractivity contribution in [2.75, 3.05) is 0 Å². The van der Waals surface area contributed by atoms with Gasteiger partial charge in [-0.15, -0.1) is 0 Å². The summed E-state index contributed by atoms with van der Waals surface area (Å²) < 4.78 is 2.50. The van der Waals surface area contributed by atoms with Crippen LogP contribution in [0.4, 0.5) is 0 Å². The van der Waals surface area contributed by atoms with Gasteiger partial charge in [0.15, 0.2) is 5.82 Å². The van der Waals surface area contributed by atoms with Crippen molar-refractivity contribution in [3.63, 3.8) is 0 Å². The van der Waals surface area contributed by atoms with Crippen LogP contribution >= 0.6 is 0 Å². The van der Waals surface area contributed by atoms with Crippen molar-refractivity contribution in [2.45, 2.75) is 5.41 Å². The first-order chi connectivity index (χ1) is 27.8. The summed E-state index contributed by atoms with van der Waals surface area (Å²) in [6, 6.07) is 72.4. The van der Waals surface area contributed by atoms with Crippen molar-refractivity contribution in [2.24, 2.45) is 0 Å². The van der Waals surface area contributed by atoms with Gasteiger partial charge in [-0.3, -0.25) is 0 Å². The molecule has 1 spiro atoms. The van der Waals surface area contributed by atoms with Crippen LogP contribution in [0.3, 0.4) is 0 Å². The molecule has 8 aromatic carbocycles. The van der Waals surface area contributed by atoms with E-state index < -0.39 is 5.41 Å². The monoisotopic (exact) mass is 711 g/mol. The topological polar surface area (TPSA) is 30.7 Å². The molecular weight excluding hydrogens is 679 g/mol. The van der Waals surface area contributed by atoms with Gasteiger partial charge in [0.25, 0.3) is 0 Å². The van der Waals surface area contributed by atoms with Gasteiger partial charge in [0.1, 0.15) is 0 Å². The third kappa shape index (κ3) is 4.22. The minimum absolute atomic E-state index is 0.534. The first-order valence-electron chi connectivity index (χ1n) is 19.3. The zero-order chi connectivity index (χ0) is 36.8. The molecule has 1 atom stereocenters. The highest BCUT2D eigenvalue weighted by Gasteiger charge is 2.51. The second-order valence-electron chi connectivity index (χ2n) is 14.9. The average molecular weight is 712 g/mol. The van der Waals surface area contributed by atoms with E-state index in [1.54, 1.807) is 0 Å². The molecule has 0 radical (unpaired) electrons. The summed E-state index contributed by atoms with van der Waals surface area (Å²) in [6.45, 7) is 0. The normalized spacial score (nSPS) is 14.9.